The SMILES string of the molecule is CCCCCCn1cc(OCc2ccccc2)c(=O)cc1C=O. The van der Waals surface area contributed by atoms with E-state index in [1.165, 1.54) is 12.5 Å². The summed E-state index contributed by atoms with van der Waals surface area (Å²) in [7, 11) is 0. The molecule has 0 amide bonds. The van der Waals surface area contributed by atoms with Crippen LogP contribution in [0, 0.1) is 0 Å². The van der Waals surface area contributed by atoms with Crippen molar-refractivity contribution in [2.24, 2.45) is 0 Å². The van der Waals surface area contributed by atoms with Crippen LogP contribution in [-0.2, 0) is 13.2 Å². The van der Waals surface area contributed by atoms with Crippen molar-refractivity contribution in [1.82, 2.24) is 4.57 Å². The van der Waals surface area contributed by atoms with E-state index in [9.17, 15) is 9.59 Å². The summed E-state index contributed by atoms with van der Waals surface area (Å²) in [5, 5.41) is 0. The van der Waals surface area contributed by atoms with Gasteiger partial charge in [-0.05, 0) is 12.0 Å². The van der Waals surface area contributed by atoms with E-state index in [0.29, 0.717) is 12.3 Å². The molecule has 0 aliphatic rings. The maximum absolute atomic E-state index is 12.1. The third-order valence-corrected chi connectivity index (χ3v) is 3.74. The minimum atomic E-state index is -0.257. The molecule has 0 aliphatic carbocycles. The molecule has 122 valence electrons. The Balaban J connectivity index is 2.09. The van der Waals surface area contributed by atoms with Gasteiger partial charge < -0.3 is 9.30 Å². The van der Waals surface area contributed by atoms with E-state index < -0.39 is 0 Å². The van der Waals surface area contributed by atoms with Crippen LogP contribution in [0.5, 0.6) is 5.75 Å². The zero-order chi connectivity index (χ0) is 16.5. The van der Waals surface area contributed by atoms with Crippen LogP contribution in [0.25, 0.3) is 0 Å². The van der Waals surface area contributed by atoms with Gasteiger partial charge in [0.1, 0.15) is 6.61 Å². The van der Waals surface area contributed by atoms with Gasteiger partial charge in [-0.3, -0.25) is 9.59 Å². The number of benzene rings is 1. The molecule has 0 saturated heterocycles. The van der Waals surface area contributed by atoms with E-state index in [-0.39, 0.29) is 11.2 Å². The number of unbranched alkanes of at least 4 members (excludes halogenated alkanes) is 3. The lowest BCUT2D eigenvalue weighted by Gasteiger charge is -2.12. The number of carbonyl (C=O) groups excluding carboxylic acids is 1. The maximum Gasteiger partial charge on any atom is 0.224 e. The molecular weight excluding hydrogens is 290 g/mol. The Hall–Kier alpha value is -2.36. The first-order chi connectivity index (χ1) is 11.2. The van der Waals surface area contributed by atoms with Gasteiger partial charge >= 0.3 is 0 Å². The number of rotatable bonds is 9. The standard InChI is InChI=1S/C19H23NO3/c1-2-3-4-8-11-20-13-19(18(22)12-17(20)14-21)23-15-16-9-6-5-7-10-16/h5-7,9-10,12-14H,2-4,8,11,15H2,1H3. The highest BCUT2D eigenvalue weighted by Gasteiger charge is 2.07. The van der Waals surface area contributed by atoms with Gasteiger partial charge in [0.2, 0.25) is 5.43 Å². The summed E-state index contributed by atoms with van der Waals surface area (Å²) >= 11 is 0. The Morgan fingerprint density at radius 1 is 1.13 bits per heavy atom. The summed E-state index contributed by atoms with van der Waals surface area (Å²) in [6, 6.07) is 11.0. The van der Waals surface area contributed by atoms with Gasteiger partial charge in [-0.2, -0.15) is 0 Å². The van der Waals surface area contributed by atoms with Gasteiger partial charge in [-0.25, -0.2) is 0 Å². The van der Waals surface area contributed by atoms with Gasteiger partial charge in [0.25, 0.3) is 0 Å². The molecule has 0 spiro atoms. The molecule has 4 nitrogen and oxygen atoms in total. The van der Waals surface area contributed by atoms with Crippen LogP contribution in [0.2, 0.25) is 0 Å². The molecule has 1 aromatic carbocycles. The number of hydrogen-bond donors (Lipinski definition) is 0. The van der Waals surface area contributed by atoms with E-state index in [1.807, 2.05) is 34.9 Å². The minimum Gasteiger partial charge on any atom is -0.483 e. The molecular formula is C19H23NO3. The number of aryl methyl sites for hydroxylation is 1. The van der Waals surface area contributed by atoms with Crippen molar-refractivity contribution < 1.29 is 9.53 Å². The minimum absolute atomic E-state index is 0.257. The van der Waals surface area contributed by atoms with Crippen LogP contribution in [-0.4, -0.2) is 10.9 Å². The largest absolute Gasteiger partial charge is 0.483 e. The highest BCUT2D eigenvalue weighted by molar-refractivity contribution is 5.72. The van der Waals surface area contributed by atoms with E-state index in [0.717, 1.165) is 37.7 Å². The average molecular weight is 313 g/mol. The van der Waals surface area contributed by atoms with Crippen LogP contribution in [0.3, 0.4) is 0 Å². The second-order valence-corrected chi connectivity index (χ2v) is 5.57. The first kappa shape index (κ1) is 17.0. The van der Waals surface area contributed by atoms with Crippen molar-refractivity contribution in [3.8, 4) is 5.75 Å². The lowest BCUT2D eigenvalue weighted by Crippen LogP contribution is -2.15. The Bertz CT molecular complexity index is 677. The first-order valence-corrected chi connectivity index (χ1v) is 8.11. The third-order valence-electron chi connectivity index (χ3n) is 3.74. The number of ether oxygens (including phenoxy) is 1. The molecule has 0 unspecified atom stereocenters. The van der Waals surface area contributed by atoms with Crippen molar-refractivity contribution in [2.45, 2.75) is 45.8 Å². The lowest BCUT2D eigenvalue weighted by molar-refractivity contribution is 0.111. The van der Waals surface area contributed by atoms with Crippen molar-refractivity contribution in [2.75, 3.05) is 0 Å². The van der Waals surface area contributed by atoms with Gasteiger partial charge in [0.05, 0.1) is 11.9 Å². The summed E-state index contributed by atoms with van der Waals surface area (Å²) < 4.78 is 7.45. The first-order valence-electron chi connectivity index (χ1n) is 8.11. The van der Waals surface area contributed by atoms with Gasteiger partial charge in [-0.1, -0.05) is 56.5 Å². The molecule has 0 aliphatic heterocycles. The zero-order valence-corrected chi connectivity index (χ0v) is 13.5. The van der Waals surface area contributed by atoms with Crippen LogP contribution in [0.1, 0.15) is 48.7 Å². The molecule has 0 bridgehead atoms. The fourth-order valence-electron chi connectivity index (χ4n) is 2.42. The quantitative estimate of drug-likeness (QED) is 0.522. The highest BCUT2D eigenvalue weighted by Crippen LogP contribution is 2.11. The number of hydrogen-bond acceptors (Lipinski definition) is 3. The van der Waals surface area contributed by atoms with Crippen LogP contribution >= 0.6 is 0 Å². The van der Waals surface area contributed by atoms with Crippen molar-refractivity contribution in [3.05, 3.63) is 64.1 Å². The molecule has 0 radical (unpaired) electrons. The third kappa shape index (κ3) is 5.09. The monoisotopic (exact) mass is 313 g/mol. The van der Waals surface area contributed by atoms with Gasteiger partial charge in [0, 0.05) is 12.6 Å². The predicted octanol–water partition coefficient (Wildman–Crippen LogP) is 3.82. The average Bonchev–Trinajstić information content (AvgIpc) is 2.59. The fraction of sp³-hybridized carbons (Fsp3) is 0.368. The Labute approximate surface area is 136 Å². The number of nitrogens with zero attached hydrogens (tertiary/aromatic N) is 1. The summed E-state index contributed by atoms with van der Waals surface area (Å²) in [6.07, 6.45) is 6.81. The normalized spacial score (nSPS) is 10.5. The van der Waals surface area contributed by atoms with E-state index in [2.05, 4.69) is 6.92 Å². The molecule has 4 heteroatoms. The lowest BCUT2D eigenvalue weighted by atomic mass is 10.2. The van der Waals surface area contributed by atoms with E-state index in [1.54, 1.807) is 6.20 Å². The summed E-state index contributed by atoms with van der Waals surface area (Å²) in [5.74, 6) is 0.287. The van der Waals surface area contributed by atoms with Crippen LogP contribution in [0.4, 0.5) is 0 Å². The number of aromatic nitrogens is 1. The molecule has 0 fully saturated rings. The number of pyridine rings is 1. The Morgan fingerprint density at radius 3 is 2.61 bits per heavy atom. The zero-order valence-electron chi connectivity index (χ0n) is 13.5. The molecule has 2 aromatic rings. The maximum atomic E-state index is 12.1. The van der Waals surface area contributed by atoms with Gasteiger partial charge in [0.15, 0.2) is 12.0 Å². The van der Waals surface area contributed by atoms with E-state index in [4.69, 9.17) is 4.74 Å². The molecule has 0 N–H and O–H groups in total. The second-order valence-electron chi connectivity index (χ2n) is 5.57. The topological polar surface area (TPSA) is 48.3 Å². The van der Waals surface area contributed by atoms with Gasteiger partial charge in [-0.15, -0.1) is 0 Å². The highest BCUT2D eigenvalue weighted by atomic mass is 16.5. The molecule has 0 atom stereocenters. The van der Waals surface area contributed by atoms with E-state index >= 15 is 0 Å². The fourth-order valence-corrected chi connectivity index (χ4v) is 2.42. The summed E-state index contributed by atoms with van der Waals surface area (Å²) in [4.78, 5) is 23.2. The Kier molecular flexibility index (Phi) is 6.60. The molecule has 23 heavy (non-hydrogen) atoms. The molecule has 0 saturated carbocycles. The predicted molar refractivity (Wildman–Crippen MR) is 91.0 cm³/mol. The Morgan fingerprint density at radius 2 is 1.91 bits per heavy atom. The van der Waals surface area contributed by atoms with Crippen molar-refractivity contribution >= 4 is 6.29 Å². The van der Waals surface area contributed by atoms with Crippen LogP contribution < -0.4 is 10.2 Å². The molecule has 1 aromatic heterocycles. The molecule has 2 rings (SSSR count). The second kappa shape index (κ2) is 8.93. The summed E-state index contributed by atoms with van der Waals surface area (Å²) in [5.41, 5.74) is 1.15. The van der Waals surface area contributed by atoms with Crippen molar-refractivity contribution in [3.63, 3.8) is 0 Å². The van der Waals surface area contributed by atoms with Crippen molar-refractivity contribution in [1.29, 1.82) is 0 Å². The number of aldehydes is 1. The number of carbonyl (C=O) groups is 1. The molecule has 1 heterocycles. The van der Waals surface area contributed by atoms with Crippen LogP contribution in [0.15, 0.2) is 47.4 Å². The smallest absolute Gasteiger partial charge is 0.224 e. The summed E-state index contributed by atoms with van der Waals surface area (Å²) in [6.45, 7) is 3.22.